The van der Waals surface area contributed by atoms with Crippen LogP contribution in [0.1, 0.15) is 0 Å². The van der Waals surface area contributed by atoms with E-state index in [-0.39, 0.29) is 5.56 Å². The number of H-pyrrole nitrogens is 1. The van der Waals surface area contributed by atoms with Gasteiger partial charge in [0.15, 0.2) is 0 Å². The first-order valence-electron chi connectivity index (χ1n) is 12.0. The van der Waals surface area contributed by atoms with Gasteiger partial charge in [-0.05, 0) is 35.4 Å². The van der Waals surface area contributed by atoms with Crippen LogP contribution in [-0.2, 0) is 0 Å². The number of aromatic amines is 1. The molecule has 3 heterocycles. The zero-order chi connectivity index (χ0) is 26.1. The normalized spacial score (nSPS) is 11.0. The van der Waals surface area contributed by atoms with E-state index in [9.17, 15) is 4.79 Å². The Morgan fingerprint density at radius 3 is 2.11 bits per heavy atom. The summed E-state index contributed by atoms with van der Waals surface area (Å²) < 4.78 is 6.75. The molecule has 2 N–H and O–H groups in total. The van der Waals surface area contributed by atoms with Crippen LogP contribution >= 0.6 is 11.6 Å². The molecule has 0 amide bonds. The first-order valence-corrected chi connectivity index (χ1v) is 12.3. The highest BCUT2D eigenvalue weighted by molar-refractivity contribution is 6.30. The molecule has 38 heavy (non-hydrogen) atoms. The predicted octanol–water partition coefficient (Wildman–Crippen LogP) is 6.82. The van der Waals surface area contributed by atoms with Crippen LogP contribution in [-0.4, -0.2) is 26.7 Å². The van der Waals surface area contributed by atoms with E-state index < -0.39 is 0 Å². The fourth-order valence-electron chi connectivity index (χ4n) is 4.45. The Labute approximate surface area is 223 Å². The van der Waals surface area contributed by atoms with E-state index in [1.807, 2.05) is 84.9 Å². The molecule has 3 aromatic heterocycles. The summed E-state index contributed by atoms with van der Waals surface area (Å²) >= 11 is 6.05. The van der Waals surface area contributed by atoms with E-state index in [0.717, 1.165) is 16.7 Å². The van der Waals surface area contributed by atoms with Gasteiger partial charge in [-0.15, -0.1) is 0 Å². The van der Waals surface area contributed by atoms with E-state index >= 15 is 0 Å². The molecule has 8 heteroatoms. The molecule has 186 valence electrons. The number of benzene rings is 3. The van der Waals surface area contributed by atoms with E-state index in [1.165, 1.54) is 4.52 Å². The van der Waals surface area contributed by atoms with Crippen LogP contribution in [0.15, 0.2) is 108 Å². The second-order valence-corrected chi connectivity index (χ2v) is 9.05. The number of nitrogens with zero attached hydrogens (tertiary/aromatic N) is 3. The van der Waals surface area contributed by atoms with Crippen molar-refractivity contribution in [2.75, 3.05) is 12.4 Å². The Morgan fingerprint density at radius 2 is 1.47 bits per heavy atom. The van der Waals surface area contributed by atoms with E-state index in [4.69, 9.17) is 21.4 Å². The number of halogens is 1. The average Bonchev–Trinajstić information content (AvgIpc) is 3.35. The van der Waals surface area contributed by atoms with Crippen molar-refractivity contribution in [1.82, 2.24) is 19.6 Å². The lowest BCUT2D eigenvalue weighted by Gasteiger charge is -2.13. The molecule has 6 aromatic rings. The SMILES string of the molecule is COc1ccc(-c2c(Nc3ccc(Cl)cn3)[nH]c3c(-c4ccccc4)c(-c4ccccc4)nn3c2=O)cc1. The number of rotatable bonds is 6. The first kappa shape index (κ1) is 23.5. The fraction of sp³-hybridized carbons (Fsp3) is 0.0333. The molecular formula is C30H22ClN5O2. The number of pyridine rings is 1. The van der Waals surface area contributed by atoms with Crippen molar-refractivity contribution in [2.24, 2.45) is 0 Å². The molecule has 0 bridgehead atoms. The van der Waals surface area contributed by atoms with Crippen molar-refractivity contribution in [3.8, 4) is 39.3 Å². The van der Waals surface area contributed by atoms with Gasteiger partial charge in [0.25, 0.3) is 5.56 Å². The molecular weight excluding hydrogens is 498 g/mol. The molecule has 0 atom stereocenters. The van der Waals surface area contributed by atoms with Gasteiger partial charge in [0.1, 0.15) is 28.7 Å². The molecule has 0 spiro atoms. The summed E-state index contributed by atoms with van der Waals surface area (Å²) in [6.45, 7) is 0. The lowest BCUT2D eigenvalue weighted by atomic mass is 10.0. The number of hydrogen-bond donors (Lipinski definition) is 2. The minimum atomic E-state index is -0.278. The Balaban J connectivity index is 1.66. The van der Waals surface area contributed by atoms with Crippen LogP contribution < -0.4 is 15.6 Å². The van der Waals surface area contributed by atoms with Crippen LogP contribution in [0.25, 0.3) is 39.2 Å². The van der Waals surface area contributed by atoms with Crippen LogP contribution in [0.5, 0.6) is 5.75 Å². The highest BCUT2D eigenvalue weighted by Gasteiger charge is 2.23. The van der Waals surface area contributed by atoms with Gasteiger partial charge in [-0.1, -0.05) is 84.4 Å². The van der Waals surface area contributed by atoms with E-state index in [0.29, 0.717) is 44.9 Å². The van der Waals surface area contributed by atoms with Crippen LogP contribution in [0, 0.1) is 0 Å². The third-order valence-electron chi connectivity index (χ3n) is 6.25. The largest absolute Gasteiger partial charge is 0.497 e. The van der Waals surface area contributed by atoms with Crippen molar-refractivity contribution in [3.05, 3.63) is 119 Å². The fourth-order valence-corrected chi connectivity index (χ4v) is 4.56. The predicted molar refractivity (Wildman–Crippen MR) is 151 cm³/mol. The topological polar surface area (TPSA) is 84.3 Å². The molecule has 0 saturated carbocycles. The molecule has 3 aromatic carbocycles. The molecule has 0 aliphatic rings. The van der Waals surface area contributed by atoms with Crippen molar-refractivity contribution < 1.29 is 4.74 Å². The van der Waals surface area contributed by atoms with Gasteiger partial charge in [-0.2, -0.15) is 9.61 Å². The van der Waals surface area contributed by atoms with Crippen molar-refractivity contribution >= 4 is 28.9 Å². The van der Waals surface area contributed by atoms with Gasteiger partial charge in [-0.25, -0.2) is 4.98 Å². The number of methoxy groups -OCH3 is 1. The molecule has 0 radical (unpaired) electrons. The maximum atomic E-state index is 14.1. The minimum absolute atomic E-state index is 0.278. The third kappa shape index (κ3) is 4.29. The van der Waals surface area contributed by atoms with Crippen molar-refractivity contribution in [1.29, 1.82) is 0 Å². The van der Waals surface area contributed by atoms with Gasteiger partial charge in [0.2, 0.25) is 0 Å². The minimum Gasteiger partial charge on any atom is -0.497 e. The van der Waals surface area contributed by atoms with Crippen LogP contribution in [0.3, 0.4) is 0 Å². The van der Waals surface area contributed by atoms with Crippen LogP contribution in [0.4, 0.5) is 11.6 Å². The van der Waals surface area contributed by atoms with Gasteiger partial charge < -0.3 is 15.0 Å². The summed E-state index contributed by atoms with van der Waals surface area (Å²) in [4.78, 5) is 22.0. The van der Waals surface area contributed by atoms with Gasteiger partial charge in [0, 0.05) is 11.8 Å². The van der Waals surface area contributed by atoms with Crippen molar-refractivity contribution in [2.45, 2.75) is 0 Å². The monoisotopic (exact) mass is 519 g/mol. The zero-order valence-electron chi connectivity index (χ0n) is 20.4. The zero-order valence-corrected chi connectivity index (χ0v) is 21.1. The summed E-state index contributed by atoms with van der Waals surface area (Å²) in [7, 11) is 1.60. The summed E-state index contributed by atoms with van der Waals surface area (Å²) in [6.07, 6.45) is 1.55. The average molecular weight is 520 g/mol. The quantitative estimate of drug-likeness (QED) is 0.252. The number of fused-ring (bicyclic) bond motifs is 1. The lowest BCUT2D eigenvalue weighted by molar-refractivity contribution is 0.415. The van der Waals surface area contributed by atoms with Crippen molar-refractivity contribution in [3.63, 3.8) is 0 Å². The number of aromatic nitrogens is 4. The highest BCUT2D eigenvalue weighted by Crippen LogP contribution is 2.36. The maximum absolute atomic E-state index is 14.1. The standard InChI is InChI=1S/C30H22ClN5O2/c1-38-23-15-12-20(13-16-23)26-28(33-24-17-14-22(31)18-32-24)34-29-25(19-8-4-2-5-9-19)27(35-36(29)30(26)37)21-10-6-3-7-11-21/h2-18,34H,1H3,(H,32,33). The van der Waals surface area contributed by atoms with Gasteiger partial charge >= 0.3 is 0 Å². The van der Waals surface area contributed by atoms with E-state index in [2.05, 4.69) is 15.3 Å². The van der Waals surface area contributed by atoms with E-state index in [1.54, 1.807) is 25.4 Å². The second-order valence-electron chi connectivity index (χ2n) is 8.61. The lowest BCUT2D eigenvalue weighted by Crippen LogP contribution is -2.19. The number of hydrogen-bond acceptors (Lipinski definition) is 5. The molecule has 0 unspecified atom stereocenters. The summed E-state index contributed by atoms with van der Waals surface area (Å²) in [6, 6.07) is 30.6. The highest BCUT2D eigenvalue weighted by atomic mass is 35.5. The first-order chi connectivity index (χ1) is 18.6. The molecule has 6 rings (SSSR count). The van der Waals surface area contributed by atoms with Crippen LogP contribution in [0.2, 0.25) is 5.02 Å². The Hall–Kier alpha value is -4.88. The number of anilines is 2. The Morgan fingerprint density at radius 1 is 0.816 bits per heavy atom. The summed E-state index contributed by atoms with van der Waals surface area (Å²) in [5.41, 5.74) is 4.76. The maximum Gasteiger partial charge on any atom is 0.284 e. The smallest absolute Gasteiger partial charge is 0.284 e. The molecule has 0 saturated heterocycles. The molecule has 0 fully saturated rings. The molecule has 0 aliphatic heterocycles. The Bertz CT molecular complexity index is 1780. The summed E-state index contributed by atoms with van der Waals surface area (Å²) in [5, 5.41) is 8.63. The Kier molecular flexibility index (Phi) is 6.11. The number of nitrogens with one attached hydrogen (secondary N) is 2. The third-order valence-corrected chi connectivity index (χ3v) is 6.48. The summed E-state index contributed by atoms with van der Waals surface area (Å²) in [5.74, 6) is 1.71. The van der Waals surface area contributed by atoms with Gasteiger partial charge in [-0.3, -0.25) is 4.79 Å². The second kappa shape index (κ2) is 9.88. The molecule has 0 aliphatic carbocycles. The van der Waals surface area contributed by atoms with Gasteiger partial charge in [0.05, 0.1) is 23.3 Å². The molecule has 7 nitrogen and oxygen atoms in total. The number of ether oxygens (including phenoxy) is 1.